The average Bonchev–Trinajstić information content (AvgIpc) is 2.63. The summed E-state index contributed by atoms with van der Waals surface area (Å²) in [5.74, 6) is 0.0283. The summed E-state index contributed by atoms with van der Waals surface area (Å²) in [6, 6.07) is 10.5. The summed E-state index contributed by atoms with van der Waals surface area (Å²) < 4.78 is 13.9. The maximum Gasteiger partial charge on any atom is 0.239 e. The van der Waals surface area contributed by atoms with E-state index < -0.39 is 0 Å². The highest BCUT2D eigenvalue weighted by Gasteiger charge is 2.19. The minimum absolute atomic E-state index is 0.0680. The van der Waals surface area contributed by atoms with E-state index >= 15 is 0 Å². The van der Waals surface area contributed by atoms with Crippen molar-refractivity contribution < 1.29 is 9.18 Å². The molecule has 0 atom stereocenters. The average molecular weight is 329 g/mol. The Balaban J connectivity index is 1.60. The summed E-state index contributed by atoms with van der Waals surface area (Å²) in [5, 5.41) is 2.61. The number of pyridine rings is 1. The third-order valence-corrected chi connectivity index (χ3v) is 4.04. The molecule has 0 saturated carbocycles. The normalized spacial score (nSPS) is 14.6. The molecule has 7 heteroatoms. The number of para-hydroxylation sites is 1. The monoisotopic (exact) mass is 329 g/mol. The molecule has 1 aliphatic heterocycles. The second-order valence-electron chi connectivity index (χ2n) is 5.58. The fraction of sp³-hybridized carbons (Fsp3) is 0.294. The molecule has 2 heterocycles. The van der Waals surface area contributed by atoms with Gasteiger partial charge in [0.05, 0.1) is 24.1 Å². The zero-order valence-electron chi connectivity index (χ0n) is 13.3. The Bertz CT molecular complexity index is 698. The van der Waals surface area contributed by atoms with Gasteiger partial charge in [0.25, 0.3) is 0 Å². The van der Waals surface area contributed by atoms with Crippen LogP contribution < -0.4 is 20.9 Å². The molecule has 6 nitrogen and oxygen atoms in total. The van der Waals surface area contributed by atoms with Gasteiger partial charge in [0.15, 0.2) is 0 Å². The number of carbonyl (C=O) groups is 1. The quantitative estimate of drug-likeness (QED) is 0.888. The maximum absolute atomic E-state index is 13.9. The second kappa shape index (κ2) is 7.27. The van der Waals surface area contributed by atoms with Crippen molar-refractivity contribution in [3.63, 3.8) is 0 Å². The summed E-state index contributed by atoms with van der Waals surface area (Å²) >= 11 is 0. The van der Waals surface area contributed by atoms with Gasteiger partial charge in [-0.25, -0.2) is 9.37 Å². The van der Waals surface area contributed by atoms with Gasteiger partial charge in [0.2, 0.25) is 5.91 Å². The number of hydrogen-bond donors (Lipinski definition) is 2. The summed E-state index contributed by atoms with van der Waals surface area (Å²) in [6.07, 6.45) is 1.73. The lowest BCUT2D eigenvalue weighted by atomic mass is 10.2. The van der Waals surface area contributed by atoms with E-state index in [0.29, 0.717) is 11.5 Å². The fourth-order valence-corrected chi connectivity index (χ4v) is 2.75. The van der Waals surface area contributed by atoms with Crippen molar-refractivity contribution in [2.75, 3.05) is 47.8 Å². The van der Waals surface area contributed by atoms with Crippen LogP contribution in [0.15, 0.2) is 42.6 Å². The topological polar surface area (TPSA) is 74.5 Å². The van der Waals surface area contributed by atoms with Gasteiger partial charge in [-0.05, 0) is 24.3 Å². The minimum Gasteiger partial charge on any atom is -0.367 e. The van der Waals surface area contributed by atoms with Gasteiger partial charge < -0.3 is 20.9 Å². The highest BCUT2D eigenvalue weighted by molar-refractivity contribution is 5.91. The van der Waals surface area contributed by atoms with Crippen LogP contribution in [0, 0.1) is 5.82 Å². The van der Waals surface area contributed by atoms with E-state index in [1.54, 1.807) is 18.3 Å². The number of piperazine rings is 1. The lowest BCUT2D eigenvalue weighted by Gasteiger charge is -2.37. The molecule has 1 aliphatic rings. The van der Waals surface area contributed by atoms with Crippen molar-refractivity contribution in [3.8, 4) is 0 Å². The van der Waals surface area contributed by atoms with Crippen LogP contribution in [0.3, 0.4) is 0 Å². The third-order valence-electron chi connectivity index (χ3n) is 4.04. The maximum atomic E-state index is 13.9. The predicted octanol–water partition coefficient (Wildman–Crippen LogP) is 1.44. The van der Waals surface area contributed by atoms with Crippen molar-refractivity contribution in [2.45, 2.75) is 0 Å². The fourth-order valence-electron chi connectivity index (χ4n) is 2.75. The Kier molecular flexibility index (Phi) is 4.90. The number of halogens is 1. The number of nitrogens with two attached hydrogens (primary N) is 1. The summed E-state index contributed by atoms with van der Waals surface area (Å²) in [6.45, 7) is 2.98. The molecule has 1 amide bonds. The number of carbonyl (C=O) groups excluding carboxylic acids is 1. The Labute approximate surface area is 140 Å². The lowest BCUT2D eigenvalue weighted by molar-refractivity contribution is -0.114. The number of benzene rings is 1. The van der Waals surface area contributed by atoms with Crippen LogP contribution in [-0.2, 0) is 4.79 Å². The zero-order chi connectivity index (χ0) is 16.9. The first-order chi connectivity index (χ1) is 11.7. The first-order valence-electron chi connectivity index (χ1n) is 7.88. The standard InChI is InChI=1S/C17H20FN5O/c18-14-3-1-2-4-15(14)23-9-7-22(8-10-23)13-5-6-16(20-12-13)21-17(24)11-19/h1-6,12H,7-11,19H2,(H,20,21,24). The number of anilines is 3. The predicted molar refractivity (Wildman–Crippen MR) is 92.7 cm³/mol. The summed E-state index contributed by atoms with van der Waals surface area (Å²) in [5.41, 5.74) is 6.89. The van der Waals surface area contributed by atoms with Gasteiger partial charge in [-0.1, -0.05) is 12.1 Å². The SMILES string of the molecule is NCC(=O)Nc1ccc(N2CCN(c3ccccc3F)CC2)cn1. The van der Waals surface area contributed by atoms with Gasteiger partial charge in [-0.3, -0.25) is 4.79 Å². The molecule has 1 aromatic heterocycles. The first-order valence-corrected chi connectivity index (χ1v) is 7.88. The molecule has 3 N–H and O–H groups in total. The largest absolute Gasteiger partial charge is 0.367 e. The van der Waals surface area contributed by atoms with E-state index in [0.717, 1.165) is 31.9 Å². The Hall–Kier alpha value is -2.67. The summed E-state index contributed by atoms with van der Waals surface area (Å²) in [4.78, 5) is 19.7. The third kappa shape index (κ3) is 3.62. The molecule has 3 rings (SSSR count). The molecule has 2 aromatic rings. The Morgan fingerprint density at radius 2 is 1.83 bits per heavy atom. The van der Waals surface area contributed by atoms with E-state index in [-0.39, 0.29) is 18.3 Å². The molecule has 0 aliphatic carbocycles. The van der Waals surface area contributed by atoms with Crippen LogP contribution in [0.25, 0.3) is 0 Å². The molecular formula is C17H20FN5O. The van der Waals surface area contributed by atoms with Gasteiger partial charge >= 0.3 is 0 Å². The van der Waals surface area contributed by atoms with Gasteiger partial charge in [-0.15, -0.1) is 0 Å². The molecule has 0 unspecified atom stereocenters. The van der Waals surface area contributed by atoms with E-state index in [1.807, 2.05) is 18.2 Å². The molecule has 1 aromatic carbocycles. The van der Waals surface area contributed by atoms with Crippen LogP contribution in [-0.4, -0.2) is 43.6 Å². The molecule has 1 saturated heterocycles. The van der Waals surface area contributed by atoms with Gasteiger partial charge in [0, 0.05) is 26.2 Å². The van der Waals surface area contributed by atoms with Crippen LogP contribution in [0.4, 0.5) is 21.6 Å². The van der Waals surface area contributed by atoms with Crippen LogP contribution in [0.2, 0.25) is 0 Å². The molecule has 1 fully saturated rings. The lowest BCUT2D eigenvalue weighted by Crippen LogP contribution is -2.46. The number of rotatable bonds is 4. The van der Waals surface area contributed by atoms with Crippen LogP contribution in [0.5, 0.6) is 0 Å². The minimum atomic E-state index is -0.270. The number of amides is 1. The van der Waals surface area contributed by atoms with E-state index in [1.165, 1.54) is 6.07 Å². The van der Waals surface area contributed by atoms with E-state index in [9.17, 15) is 9.18 Å². The van der Waals surface area contributed by atoms with Crippen molar-refractivity contribution in [1.82, 2.24) is 4.98 Å². The molecule has 126 valence electrons. The summed E-state index contributed by atoms with van der Waals surface area (Å²) in [7, 11) is 0. The van der Waals surface area contributed by atoms with Crippen molar-refractivity contribution in [2.24, 2.45) is 5.73 Å². The van der Waals surface area contributed by atoms with Crippen molar-refractivity contribution in [1.29, 1.82) is 0 Å². The van der Waals surface area contributed by atoms with E-state index in [2.05, 4.69) is 20.1 Å². The highest BCUT2D eigenvalue weighted by atomic mass is 19.1. The Morgan fingerprint density at radius 3 is 2.46 bits per heavy atom. The molecule has 0 spiro atoms. The number of aromatic nitrogens is 1. The molecule has 0 bridgehead atoms. The van der Waals surface area contributed by atoms with E-state index in [4.69, 9.17) is 5.73 Å². The van der Waals surface area contributed by atoms with Crippen LogP contribution in [0.1, 0.15) is 0 Å². The van der Waals surface area contributed by atoms with Crippen molar-refractivity contribution in [3.05, 3.63) is 48.4 Å². The first kappa shape index (κ1) is 16.2. The Morgan fingerprint density at radius 1 is 1.12 bits per heavy atom. The number of hydrogen-bond acceptors (Lipinski definition) is 5. The molecule has 24 heavy (non-hydrogen) atoms. The van der Waals surface area contributed by atoms with Gasteiger partial charge in [-0.2, -0.15) is 0 Å². The smallest absolute Gasteiger partial charge is 0.239 e. The zero-order valence-corrected chi connectivity index (χ0v) is 13.3. The highest BCUT2D eigenvalue weighted by Crippen LogP contribution is 2.22. The molecule has 0 radical (unpaired) electrons. The number of nitrogens with one attached hydrogen (secondary N) is 1. The second-order valence-corrected chi connectivity index (χ2v) is 5.58. The van der Waals surface area contributed by atoms with Crippen LogP contribution >= 0.6 is 0 Å². The van der Waals surface area contributed by atoms with Crippen molar-refractivity contribution >= 4 is 23.1 Å². The molecular weight excluding hydrogens is 309 g/mol. The number of nitrogens with zero attached hydrogens (tertiary/aromatic N) is 3. The van der Waals surface area contributed by atoms with Gasteiger partial charge in [0.1, 0.15) is 11.6 Å².